The van der Waals surface area contributed by atoms with Crippen molar-refractivity contribution in [1.29, 1.82) is 0 Å². The quantitative estimate of drug-likeness (QED) is 0.212. The minimum atomic E-state index is -0.743. The van der Waals surface area contributed by atoms with E-state index in [0.717, 1.165) is 17.9 Å². The number of hydrogen-bond donors (Lipinski definition) is 0. The molecule has 1 aromatic heterocycles. The number of aromatic nitrogens is 1. The van der Waals surface area contributed by atoms with E-state index in [1.54, 1.807) is 24.4 Å². The first-order valence-electron chi connectivity index (χ1n) is 13.8. The van der Waals surface area contributed by atoms with Gasteiger partial charge in [0, 0.05) is 19.7 Å². The molecule has 0 bridgehead atoms. The van der Waals surface area contributed by atoms with E-state index >= 15 is 0 Å². The molecule has 2 heterocycles. The average molecular weight is 507 g/mol. The van der Waals surface area contributed by atoms with Crippen LogP contribution in [0.1, 0.15) is 96.6 Å². The van der Waals surface area contributed by atoms with Crippen LogP contribution in [0.3, 0.4) is 0 Å². The summed E-state index contributed by atoms with van der Waals surface area (Å²) in [5.41, 5.74) is 0.600. The van der Waals surface area contributed by atoms with Crippen molar-refractivity contribution in [2.24, 2.45) is 0 Å². The smallest absolute Gasteiger partial charge is 0.417 e. The first-order chi connectivity index (χ1) is 17.6. The lowest BCUT2D eigenvalue weighted by atomic mass is 10.1. The van der Waals surface area contributed by atoms with Crippen molar-refractivity contribution in [3.05, 3.63) is 30.1 Å². The predicted molar refractivity (Wildman–Crippen MR) is 138 cm³/mol. The monoisotopic (exact) mass is 506 g/mol. The molecule has 2 unspecified atom stereocenters. The van der Waals surface area contributed by atoms with Crippen LogP contribution >= 0.6 is 0 Å². The lowest BCUT2D eigenvalue weighted by Gasteiger charge is -2.19. The maximum Gasteiger partial charge on any atom is 0.417 e. The molecule has 1 aliphatic rings. The topological polar surface area (TPSA) is 87.2 Å². The van der Waals surface area contributed by atoms with Gasteiger partial charge < -0.3 is 18.9 Å². The van der Waals surface area contributed by atoms with Gasteiger partial charge in [-0.3, -0.25) is 9.78 Å². The number of carbonyl (C=O) groups excluding carboxylic acids is 2. The largest absolute Gasteiger partial charge is 0.444 e. The highest BCUT2D eigenvalue weighted by Crippen LogP contribution is 2.15. The second-order valence-corrected chi connectivity index (χ2v) is 9.49. The van der Waals surface area contributed by atoms with Crippen LogP contribution in [0.4, 0.5) is 4.79 Å². The van der Waals surface area contributed by atoms with E-state index in [-0.39, 0.29) is 19.3 Å². The number of hydrogen-bond acceptors (Lipinski definition) is 7. The van der Waals surface area contributed by atoms with Gasteiger partial charge in [-0.1, -0.05) is 83.6 Å². The Kier molecular flexibility index (Phi) is 16.0. The van der Waals surface area contributed by atoms with Gasteiger partial charge in [-0.25, -0.2) is 9.69 Å². The Balaban J connectivity index is 1.45. The maximum atomic E-state index is 12.4. The van der Waals surface area contributed by atoms with Gasteiger partial charge in [0.15, 0.2) is 6.29 Å². The molecular formula is C28H46N2O6. The molecule has 8 nitrogen and oxygen atoms in total. The Morgan fingerprint density at radius 3 is 2.25 bits per heavy atom. The number of carbonyl (C=O) groups is 2. The van der Waals surface area contributed by atoms with Crippen molar-refractivity contribution >= 4 is 12.0 Å². The molecular weight excluding hydrogens is 460 g/mol. The standard InChI is InChI=1S/C28H46N2O6/c1-3-4-5-6-7-8-9-10-11-12-13-16-19-33-21-26-22-34-27(36-26)23-35-28(32)30(24(2)31)20-25-17-14-15-18-29-25/h14-15,17-18,26-27H,3-13,16,19-23H2,1-2H3. The molecule has 1 aromatic rings. The minimum Gasteiger partial charge on any atom is -0.444 e. The fourth-order valence-corrected chi connectivity index (χ4v) is 4.12. The van der Waals surface area contributed by atoms with Gasteiger partial charge in [0.1, 0.15) is 12.7 Å². The van der Waals surface area contributed by atoms with E-state index in [9.17, 15) is 9.59 Å². The van der Waals surface area contributed by atoms with E-state index in [2.05, 4.69) is 11.9 Å². The zero-order valence-electron chi connectivity index (χ0n) is 22.3. The van der Waals surface area contributed by atoms with Gasteiger partial charge in [-0.05, 0) is 18.6 Å². The fourth-order valence-electron chi connectivity index (χ4n) is 4.12. The highest BCUT2D eigenvalue weighted by molar-refractivity contribution is 5.90. The van der Waals surface area contributed by atoms with E-state index in [1.165, 1.54) is 77.6 Å². The van der Waals surface area contributed by atoms with Crippen molar-refractivity contribution in [1.82, 2.24) is 9.88 Å². The number of pyridine rings is 1. The van der Waals surface area contributed by atoms with Gasteiger partial charge in [0.05, 0.1) is 25.5 Å². The molecule has 36 heavy (non-hydrogen) atoms. The zero-order valence-corrected chi connectivity index (χ0v) is 22.3. The average Bonchev–Trinajstić information content (AvgIpc) is 3.34. The molecule has 2 rings (SSSR count). The fraction of sp³-hybridized carbons (Fsp3) is 0.750. The van der Waals surface area contributed by atoms with E-state index in [0.29, 0.717) is 18.9 Å². The minimum absolute atomic E-state index is 0.0526. The second-order valence-electron chi connectivity index (χ2n) is 9.49. The van der Waals surface area contributed by atoms with Crippen molar-refractivity contribution < 1.29 is 28.5 Å². The number of nitrogens with zero attached hydrogens (tertiary/aromatic N) is 2. The van der Waals surface area contributed by atoms with Gasteiger partial charge in [0.25, 0.3) is 0 Å². The Labute approximate surface area is 217 Å². The Hall–Kier alpha value is -2.03. The third kappa shape index (κ3) is 13.3. The van der Waals surface area contributed by atoms with Gasteiger partial charge in [-0.15, -0.1) is 0 Å². The van der Waals surface area contributed by atoms with Crippen LogP contribution in [0.5, 0.6) is 0 Å². The molecule has 2 amide bonds. The summed E-state index contributed by atoms with van der Waals surface area (Å²) in [7, 11) is 0. The normalized spacial score (nSPS) is 17.3. The van der Waals surface area contributed by atoms with E-state index in [1.807, 2.05) is 0 Å². The maximum absolute atomic E-state index is 12.4. The first kappa shape index (κ1) is 30.2. The molecule has 8 heteroatoms. The van der Waals surface area contributed by atoms with Crippen LogP contribution in [0, 0.1) is 0 Å². The molecule has 0 saturated carbocycles. The van der Waals surface area contributed by atoms with Crippen LogP contribution < -0.4 is 0 Å². The summed E-state index contributed by atoms with van der Waals surface area (Å²) < 4.78 is 22.3. The zero-order chi connectivity index (χ0) is 25.8. The highest BCUT2D eigenvalue weighted by atomic mass is 16.7. The highest BCUT2D eigenvalue weighted by Gasteiger charge is 2.29. The lowest BCUT2D eigenvalue weighted by Crippen LogP contribution is -2.37. The summed E-state index contributed by atoms with van der Waals surface area (Å²) in [4.78, 5) is 29.4. The Morgan fingerprint density at radius 1 is 0.972 bits per heavy atom. The van der Waals surface area contributed by atoms with Gasteiger partial charge >= 0.3 is 6.09 Å². The van der Waals surface area contributed by atoms with Crippen LogP contribution in [0.2, 0.25) is 0 Å². The van der Waals surface area contributed by atoms with E-state index < -0.39 is 18.3 Å². The summed E-state index contributed by atoms with van der Waals surface area (Å²) in [6.07, 6.45) is 15.9. The summed E-state index contributed by atoms with van der Waals surface area (Å²) in [5.74, 6) is -0.414. The number of amides is 2. The SMILES string of the molecule is CCCCCCCCCCCCCCOCC1COC(COC(=O)N(Cc2ccccn2)C(C)=O)O1. The van der Waals surface area contributed by atoms with E-state index in [4.69, 9.17) is 18.9 Å². The number of imide groups is 1. The van der Waals surface area contributed by atoms with Crippen molar-refractivity contribution in [3.8, 4) is 0 Å². The summed E-state index contributed by atoms with van der Waals surface area (Å²) in [5, 5.41) is 0. The molecule has 0 radical (unpaired) electrons. The van der Waals surface area contributed by atoms with Crippen molar-refractivity contribution in [3.63, 3.8) is 0 Å². The Morgan fingerprint density at radius 2 is 1.64 bits per heavy atom. The van der Waals surface area contributed by atoms with Crippen molar-refractivity contribution in [2.75, 3.05) is 26.4 Å². The number of ether oxygens (including phenoxy) is 4. The van der Waals surface area contributed by atoms with Crippen LogP contribution in [0.15, 0.2) is 24.4 Å². The molecule has 1 aliphatic heterocycles. The van der Waals surface area contributed by atoms with Crippen molar-refractivity contribution in [2.45, 2.75) is 110 Å². The third-order valence-electron chi connectivity index (χ3n) is 6.25. The van der Waals surface area contributed by atoms with Gasteiger partial charge in [-0.2, -0.15) is 0 Å². The molecule has 1 saturated heterocycles. The van der Waals surface area contributed by atoms with Gasteiger partial charge in [0.2, 0.25) is 5.91 Å². The van der Waals surface area contributed by atoms with Crippen LogP contribution in [0.25, 0.3) is 0 Å². The lowest BCUT2D eigenvalue weighted by molar-refractivity contribution is -0.130. The molecule has 0 aromatic carbocycles. The first-order valence-corrected chi connectivity index (χ1v) is 13.8. The molecule has 0 spiro atoms. The third-order valence-corrected chi connectivity index (χ3v) is 6.25. The second kappa shape index (κ2) is 19.1. The number of unbranched alkanes of at least 4 members (excludes halogenated alkanes) is 11. The summed E-state index contributed by atoms with van der Waals surface area (Å²) in [6, 6.07) is 5.31. The molecule has 204 valence electrons. The Bertz CT molecular complexity index is 717. The van der Waals surface area contributed by atoms with Crippen LogP contribution in [-0.2, 0) is 30.3 Å². The molecule has 0 aliphatic carbocycles. The molecule has 2 atom stereocenters. The van der Waals surface area contributed by atoms with Crippen LogP contribution in [-0.4, -0.2) is 60.7 Å². The predicted octanol–water partition coefficient (Wildman–Crippen LogP) is 6.03. The summed E-state index contributed by atoms with van der Waals surface area (Å²) >= 11 is 0. The number of rotatable bonds is 19. The molecule has 1 fully saturated rings. The summed E-state index contributed by atoms with van der Waals surface area (Å²) in [6.45, 7) is 5.12. The molecule has 0 N–H and O–H groups in total.